The van der Waals surface area contributed by atoms with Crippen molar-refractivity contribution in [2.24, 2.45) is 5.73 Å². The number of likely N-dealkylation sites (N-methyl/N-ethyl adjacent to an activating group) is 1. The molecule has 1 aromatic rings. The van der Waals surface area contributed by atoms with Gasteiger partial charge in [0.1, 0.15) is 4.99 Å². The van der Waals surface area contributed by atoms with Gasteiger partial charge in [-0.15, -0.1) is 0 Å². The summed E-state index contributed by atoms with van der Waals surface area (Å²) in [4.78, 5) is 2.74. The highest BCUT2D eigenvalue weighted by Crippen LogP contribution is 2.25. The molecule has 0 aliphatic carbocycles. The van der Waals surface area contributed by atoms with Crippen LogP contribution in [0, 0.1) is 6.92 Å². The summed E-state index contributed by atoms with van der Waals surface area (Å²) < 4.78 is 5.62. The number of rotatable bonds is 3. The maximum Gasteiger partial charge on any atom is 0.104 e. The molecule has 1 saturated heterocycles. The minimum atomic E-state index is 0.283. The second-order valence-corrected chi connectivity index (χ2v) is 5.35. The smallest absolute Gasteiger partial charge is 0.104 e. The molecular weight excluding hydrogens is 244 g/mol. The number of thiocarbonyl (C=S) groups is 1. The highest BCUT2D eigenvalue weighted by Gasteiger charge is 2.28. The molecular formula is C14H20N2OS. The van der Waals surface area contributed by atoms with Crippen LogP contribution in [0.1, 0.15) is 24.5 Å². The van der Waals surface area contributed by atoms with E-state index in [2.05, 4.69) is 31.0 Å². The third-order valence-corrected chi connectivity index (χ3v) is 3.94. The maximum atomic E-state index is 5.68. The van der Waals surface area contributed by atoms with Crippen molar-refractivity contribution in [3.8, 4) is 0 Å². The van der Waals surface area contributed by atoms with Crippen LogP contribution >= 0.6 is 12.2 Å². The molecule has 1 fully saturated rings. The van der Waals surface area contributed by atoms with Crippen molar-refractivity contribution in [3.63, 3.8) is 0 Å². The normalized spacial score (nSPS) is 23.1. The Morgan fingerprint density at radius 1 is 1.50 bits per heavy atom. The molecule has 4 heteroatoms. The molecule has 1 heterocycles. The van der Waals surface area contributed by atoms with Crippen LogP contribution in [-0.4, -0.2) is 30.8 Å². The van der Waals surface area contributed by atoms with Gasteiger partial charge in [0.05, 0.1) is 12.1 Å². The maximum absolute atomic E-state index is 5.68. The van der Waals surface area contributed by atoms with Crippen molar-refractivity contribution in [2.75, 3.05) is 18.6 Å². The van der Waals surface area contributed by atoms with Crippen LogP contribution in [0.15, 0.2) is 18.2 Å². The second kappa shape index (κ2) is 5.24. The first-order chi connectivity index (χ1) is 8.50. The average Bonchev–Trinajstić information content (AvgIpc) is 2.74. The van der Waals surface area contributed by atoms with E-state index in [1.807, 2.05) is 13.0 Å². The number of benzene rings is 1. The number of hydrogen-bond donors (Lipinski definition) is 1. The van der Waals surface area contributed by atoms with Crippen LogP contribution in [0.5, 0.6) is 0 Å². The topological polar surface area (TPSA) is 38.5 Å². The van der Waals surface area contributed by atoms with E-state index in [-0.39, 0.29) is 6.10 Å². The predicted octanol–water partition coefficient (Wildman–Crippen LogP) is 2.24. The number of hydrogen-bond acceptors (Lipinski definition) is 3. The van der Waals surface area contributed by atoms with E-state index in [0.29, 0.717) is 11.0 Å². The summed E-state index contributed by atoms with van der Waals surface area (Å²) in [5.41, 5.74) is 8.95. The molecule has 98 valence electrons. The van der Waals surface area contributed by atoms with E-state index < -0.39 is 0 Å². The molecule has 2 N–H and O–H groups in total. The van der Waals surface area contributed by atoms with E-state index in [1.54, 1.807) is 0 Å². The number of aryl methyl sites for hydroxylation is 1. The lowest BCUT2D eigenvalue weighted by molar-refractivity contribution is 0.118. The highest BCUT2D eigenvalue weighted by molar-refractivity contribution is 7.80. The van der Waals surface area contributed by atoms with Crippen molar-refractivity contribution in [1.29, 1.82) is 0 Å². The zero-order chi connectivity index (χ0) is 13.3. The number of ether oxygens (including phenoxy) is 1. The van der Waals surface area contributed by atoms with E-state index >= 15 is 0 Å². The third-order valence-electron chi connectivity index (χ3n) is 3.72. The summed E-state index contributed by atoms with van der Waals surface area (Å²) in [6, 6.07) is 6.66. The predicted molar refractivity (Wildman–Crippen MR) is 79.3 cm³/mol. The number of nitrogens with zero attached hydrogens (tertiary/aromatic N) is 1. The van der Waals surface area contributed by atoms with Gasteiger partial charge in [0.25, 0.3) is 0 Å². The van der Waals surface area contributed by atoms with Gasteiger partial charge in [-0.1, -0.05) is 12.2 Å². The number of anilines is 1. The molecule has 2 rings (SSSR count). The zero-order valence-corrected chi connectivity index (χ0v) is 12.0. The molecule has 2 atom stereocenters. The van der Waals surface area contributed by atoms with E-state index in [4.69, 9.17) is 22.7 Å². The Labute approximate surface area is 114 Å². The van der Waals surface area contributed by atoms with E-state index in [0.717, 1.165) is 24.2 Å². The summed E-state index contributed by atoms with van der Waals surface area (Å²) >= 11 is 5.03. The zero-order valence-electron chi connectivity index (χ0n) is 11.1. The van der Waals surface area contributed by atoms with E-state index in [9.17, 15) is 0 Å². The summed E-state index contributed by atoms with van der Waals surface area (Å²) in [5.74, 6) is 0. The third kappa shape index (κ3) is 2.49. The fourth-order valence-electron chi connectivity index (χ4n) is 2.56. The molecule has 0 amide bonds. The quantitative estimate of drug-likeness (QED) is 0.850. The SMILES string of the molecule is Cc1cc(N(C)C2CCOC2C)ccc1C(N)=S. The standard InChI is InChI=1S/C14H20N2OS/c1-9-8-11(4-5-12(9)14(15)18)16(3)13-6-7-17-10(13)2/h4-5,8,10,13H,6-7H2,1-3H3,(H2,15,18). The first kappa shape index (κ1) is 13.3. The van der Waals surface area contributed by atoms with Gasteiger partial charge in [-0.05, 0) is 44.0 Å². The van der Waals surface area contributed by atoms with Crippen LogP contribution in [0.4, 0.5) is 5.69 Å². The van der Waals surface area contributed by atoms with Crippen LogP contribution in [0.25, 0.3) is 0 Å². The van der Waals surface area contributed by atoms with Crippen molar-refractivity contribution in [2.45, 2.75) is 32.4 Å². The second-order valence-electron chi connectivity index (χ2n) is 4.91. The fraction of sp³-hybridized carbons (Fsp3) is 0.500. The Kier molecular flexibility index (Phi) is 3.88. The lowest BCUT2D eigenvalue weighted by atomic mass is 10.1. The van der Waals surface area contributed by atoms with Gasteiger partial charge < -0.3 is 15.4 Å². The van der Waals surface area contributed by atoms with Gasteiger partial charge >= 0.3 is 0 Å². The first-order valence-electron chi connectivity index (χ1n) is 6.25. The highest BCUT2D eigenvalue weighted by atomic mass is 32.1. The van der Waals surface area contributed by atoms with Gasteiger partial charge in [0, 0.05) is 24.9 Å². The van der Waals surface area contributed by atoms with E-state index in [1.165, 1.54) is 5.69 Å². The fourth-order valence-corrected chi connectivity index (χ4v) is 2.79. The van der Waals surface area contributed by atoms with Gasteiger partial charge in [0.2, 0.25) is 0 Å². The molecule has 1 aromatic carbocycles. The molecule has 3 nitrogen and oxygen atoms in total. The minimum Gasteiger partial charge on any atom is -0.389 e. The Bertz CT molecular complexity index is 461. The first-order valence-corrected chi connectivity index (χ1v) is 6.66. The van der Waals surface area contributed by atoms with Gasteiger partial charge in [-0.2, -0.15) is 0 Å². The molecule has 0 spiro atoms. The van der Waals surface area contributed by atoms with Gasteiger partial charge in [-0.3, -0.25) is 0 Å². The lowest BCUT2D eigenvalue weighted by Gasteiger charge is -2.29. The van der Waals surface area contributed by atoms with Gasteiger partial charge in [-0.25, -0.2) is 0 Å². The van der Waals surface area contributed by atoms with Crippen LogP contribution in [0.3, 0.4) is 0 Å². The molecule has 1 aliphatic heterocycles. The molecule has 0 saturated carbocycles. The summed E-state index contributed by atoms with van der Waals surface area (Å²) in [6.45, 7) is 5.02. The molecule has 0 bridgehead atoms. The van der Waals surface area contributed by atoms with Crippen molar-refractivity contribution in [3.05, 3.63) is 29.3 Å². The Hall–Kier alpha value is -1.13. The van der Waals surface area contributed by atoms with Crippen LogP contribution < -0.4 is 10.6 Å². The summed E-state index contributed by atoms with van der Waals surface area (Å²) in [5, 5.41) is 0. The lowest BCUT2D eigenvalue weighted by Crippen LogP contribution is -2.36. The molecule has 0 aromatic heterocycles. The molecule has 2 unspecified atom stereocenters. The summed E-state index contributed by atoms with van der Waals surface area (Å²) in [7, 11) is 2.12. The van der Waals surface area contributed by atoms with Crippen molar-refractivity contribution < 1.29 is 4.74 Å². The average molecular weight is 264 g/mol. The van der Waals surface area contributed by atoms with Crippen LogP contribution in [-0.2, 0) is 4.74 Å². The van der Waals surface area contributed by atoms with Crippen molar-refractivity contribution >= 4 is 22.9 Å². The minimum absolute atomic E-state index is 0.283. The Morgan fingerprint density at radius 2 is 2.22 bits per heavy atom. The molecule has 1 aliphatic rings. The Balaban J connectivity index is 2.23. The molecule has 0 radical (unpaired) electrons. The Morgan fingerprint density at radius 3 is 2.72 bits per heavy atom. The number of nitrogens with two attached hydrogens (primary N) is 1. The molecule has 18 heavy (non-hydrogen) atoms. The monoisotopic (exact) mass is 264 g/mol. The van der Waals surface area contributed by atoms with Crippen LogP contribution in [0.2, 0.25) is 0 Å². The summed E-state index contributed by atoms with van der Waals surface area (Å²) in [6.07, 6.45) is 1.36. The van der Waals surface area contributed by atoms with Gasteiger partial charge in [0.15, 0.2) is 0 Å². The largest absolute Gasteiger partial charge is 0.389 e. The van der Waals surface area contributed by atoms with Crippen molar-refractivity contribution in [1.82, 2.24) is 0 Å².